The Balaban J connectivity index is 1.94. The zero-order valence-electron chi connectivity index (χ0n) is 12.0. The molecule has 3 heteroatoms. The zero-order valence-corrected chi connectivity index (χ0v) is 12.8. The van der Waals surface area contributed by atoms with Gasteiger partial charge in [0, 0.05) is 4.88 Å². The number of ether oxygens (including phenoxy) is 2. The van der Waals surface area contributed by atoms with Crippen molar-refractivity contribution in [1.82, 2.24) is 0 Å². The number of benzene rings is 2. The Labute approximate surface area is 128 Å². The van der Waals surface area contributed by atoms with Gasteiger partial charge < -0.3 is 9.47 Å². The molecule has 3 rings (SSSR count). The van der Waals surface area contributed by atoms with Crippen LogP contribution in [0.2, 0.25) is 0 Å². The van der Waals surface area contributed by atoms with Crippen LogP contribution in [0.5, 0.6) is 11.5 Å². The van der Waals surface area contributed by atoms with Crippen LogP contribution in [0.15, 0.2) is 60.0 Å². The SMILES string of the molecule is COc1ccc(-c2ccc(-c3cccs3)cc2)cc1OC. The maximum absolute atomic E-state index is 5.36. The first-order valence-corrected chi connectivity index (χ1v) is 7.56. The van der Waals surface area contributed by atoms with Crippen LogP contribution < -0.4 is 9.47 Å². The molecule has 21 heavy (non-hydrogen) atoms. The molecule has 0 atom stereocenters. The fourth-order valence-electron chi connectivity index (χ4n) is 2.29. The Morgan fingerprint density at radius 2 is 1.38 bits per heavy atom. The fraction of sp³-hybridized carbons (Fsp3) is 0.111. The van der Waals surface area contributed by atoms with Gasteiger partial charge in [0.1, 0.15) is 0 Å². The van der Waals surface area contributed by atoms with Gasteiger partial charge in [-0.1, -0.05) is 36.4 Å². The highest BCUT2D eigenvalue weighted by atomic mass is 32.1. The maximum atomic E-state index is 5.36. The summed E-state index contributed by atoms with van der Waals surface area (Å²) in [6.07, 6.45) is 0. The largest absolute Gasteiger partial charge is 0.493 e. The first-order chi connectivity index (χ1) is 10.3. The molecule has 1 heterocycles. The fourth-order valence-corrected chi connectivity index (χ4v) is 3.02. The summed E-state index contributed by atoms with van der Waals surface area (Å²) < 4.78 is 10.6. The van der Waals surface area contributed by atoms with Crippen molar-refractivity contribution in [3.05, 3.63) is 60.0 Å². The van der Waals surface area contributed by atoms with Crippen LogP contribution in [0.25, 0.3) is 21.6 Å². The van der Waals surface area contributed by atoms with E-state index in [0.717, 1.165) is 22.6 Å². The summed E-state index contributed by atoms with van der Waals surface area (Å²) in [5.74, 6) is 1.49. The minimum Gasteiger partial charge on any atom is -0.493 e. The third-order valence-electron chi connectivity index (χ3n) is 3.41. The normalized spacial score (nSPS) is 10.4. The van der Waals surface area contributed by atoms with Gasteiger partial charge in [0.05, 0.1) is 14.2 Å². The number of hydrogen-bond acceptors (Lipinski definition) is 3. The molecule has 0 saturated carbocycles. The first kappa shape index (κ1) is 13.7. The molecule has 0 aliphatic rings. The predicted molar refractivity (Wildman–Crippen MR) is 88.3 cm³/mol. The van der Waals surface area contributed by atoms with E-state index in [4.69, 9.17) is 9.47 Å². The summed E-state index contributed by atoms with van der Waals surface area (Å²) in [5.41, 5.74) is 3.52. The second-order valence-electron chi connectivity index (χ2n) is 4.62. The molecule has 0 bridgehead atoms. The van der Waals surface area contributed by atoms with Gasteiger partial charge in [0.25, 0.3) is 0 Å². The Bertz CT molecular complexity index is 715. The molecule has 0 spiro atoms. The molecule has 0 saturated heterocycles. The second kappa shape index (κ2) is 6.02. The van der Waals surface area contributed by atoms with Crippen molar-refractivity contribution in [3.63, 3.8) is 0 Å². The third kappa shape index (κ3) is 2.78. The quantitative estimate of drug-likeness (QED) is 0.667. The molecule has 2 nitrogen and oxygen atoms in total. The van der Waals surface area contributed by atoms with Crippen molar-refractivity contribution < 1.29 is 9.47 Å². The van der Waals surface area contributed by atoms with Gasteiger partial charge in [-0.15, -0.1) is 11.3 Å². The smallest absolute Gasteiger partial charge is 0.161 e. The lowest BCUT2D eigenvalue weighted by molar-refractivity contribution is 0.355. The molecule has 0 radical (unpaired) electrons. The van der Waals surface area contributed by atoms with Crippen LogP contribution in [0, 0.1) is 0 Å². The molecular weight excluding hydrogens is 280 g/mol. The molecule has 3 aromatic rings. The number of thiophene rings is 1. The lowest BCUT2D eigenvalue weighted by Gasteiger charge is -2.10. The summed E-state index contributed by atoms with van der Waals surface area (Å²) in [5, 5.41) is 2.09. The van der Waals surface area contributed by atoms with Crippen LogP contribution in [-0.4, -0.2) is 14.2 Å². The van der Waals surface area contributed by atoms with Gasteiger partial charge in [0.2, 0.25) is 0 Å². The van der Waals surface area contributed by atoms with Crippen molar-refractivity contribution in [2.24, 2.45) is 0 Å². The summed E-state index contributed by atoms with van der Waals surface area (Å²) in [6.45, 7) is 0. The van der Waals surface area contributed by atoms with Crippen molar-refractivity contribution in [2.75, 3.05) is 14.2 Å². The van der Waals surface area contributed by atoms with Gasteiger partial charge in [-0.2, -0.15) is 0 Å². The van der Waals surface area contributed by atoms with Gasteiger partial charge in [0.15, 0.2) is 11.5 Å². The molecule has 0 unspecified atom stereocenters. The van der Waals surface area contributed by atoms with E-state index in [1.54, 1.807) is 25.6 Å². The molecular formula is C18H16O2S. The lowest BCUT2D eigenvalue weighted by Crippen LogP contribution is -1.90. The Morgan fingerprint density at radius 3 is 2.00 bits per heavy atom. The average molecular weight is 296 g/mol. The zero-order chi connectivity index (χ0) is 14.7. The summed E-state index contributed by atoms with van der Waals surface area (Å²) >= 11 is 1.75. The van der Waals surface area contributed by atoms with Crippen LogP contribution in [-0.2, 0) is 0 Å². The van der Waals surface area contributed by atoms with Gasteiger partial charge in [-0.25, -0.2) is 0 Å². The predicted octanol–water partition coefficient (Wildman–Crippen LogP) is 5.10. The average Bonchev–Trinajstić information content (AvgIpc) is 3.09. The highest BCUT2D eigenvalue weighted by Gasteiger charge is 2.06. The second-order valence-corrected chi connectivity index (χ2v) is 5.57. The van der Waals surface area contributed by atoms with E-state index >= 15 is 0 Å². The minimum atomic E-state index is 0.747. The molecule has 2 aromatic carbocycles. The minimum absolute atomic E-state index is 0.747. The topological polar surface area (TPSA) is 18.5 Å². The summed E-state index contributed by atoms with van der Waals surface area (Å²) in [6, 6.07) is 18.8. The maximum Gasteiger partial charge on any atom is 0.161 e. The Morgan fingerprint density at radius 1 is 0.714 bits per heavy atom. The van der Waals surface area contributed by atoms with Crippen LogP contribution in [0.1, 0.15) is 0 Å². The van der Waals surface area contributed by atoms with Crippen LogP contribution >= 0.6 is 11.3 Å². The molecule has 0 fully saturated rings. The van der Waals surface area contributed by atoms with E-state index in [1.807, 2.05) is 18.2 Å². The van der Waals surface area contributed by atoms with E-state index in [9.17, 15) is 0 Å². The third-order valence-corrected chi connectivity index (χ3v) is 4.33. The molecule has 106 valence electrons. The molecule has 0 aliphatic carbocycles. The number of methoxy groups -OCH3 is 2. The highest BCUT2D eigenvalue weighted by Crippen LogP contribution is 2.33. The summed E-state index contributed by atoms with van der Waals surface area (Å²) in [4.78, 5) is 1.29. The highest BCUT2D eigenvalue weighted by molar-refractivity contribution is 7.13. The van der Waals surface area contributed by atoms with E-state index in [0.29, 0.717) is 0 Å². The molecule has 1 aromatic heterocycles. The molecule has 0 aliphatic heterocycles. The van der Waals surface area contributed by atoms with E-state index < -0.39 is 0 Å². The van der Waals surface area contributed by atoms with Gasteiger partial charge in [-0.3, -0.25) is 0 Å². The van der Waals surface area contributed by atoms with Crippen molar-refractivity contribution in [1.29, 1.82) is 0 Å². The van der Waals surface area contributed by atoms with Crippen LogP contribution in [0.4, 0.5) is 0 Å². The Kier molecular flexibility index (Phi) is 3.93. The standard InChI is InChI=1S/C18H16O2S/c1-19-16-10-9-15(12-17(16)20-2)13-5-7-14(8-6-13)18-4-3-11-21-18/h3-12H,1-2H3. The number of rotatable bonds is 4. The molecule has 0 N–H and O–H groups in total. The van der Waals surface area contributed by atoms with Gasteiger partial charge >= 0.3 is 0 Å². The van der Waals surface area contributed by atoms with E-state index in [1.165, 1.54) is 10.4 Å². The number of hydrogen-bond donors (Lipinski definition) is 0. The lowest BCUT2D eigenvalue weighted by atomic mass is 10.0. The summed E-state index contributed by atoms with van der Waals surface area (Å²) in [7, 11) is 3.30. The van der Waals surface area contributed by atoms with Crippen LogP contribution in [0.3, 0.4) is 0 Å². The first-order valence-electron chi connectivity index (χ1n) is 6.68. The Hall–Kier alpha value is -2.26. The van der Waals surface area contributed by atoms with Crippen molar-refractivity contribution >= 4 is 11.3 Å². The molecule has 0 amide bonds. The van der Waals surface area contributed by atoms with Crippen molar-refractivity contribution in [2.45, 2.75) is 0 Å². The van der Waals surface area contributed by atoms with E-state index in [-0.39, 0.29) is 0 Å². The van der Waals surface area contributed by atoms with E-state index in [2.05, 4.69) is 41.8 Å². The van der Waals surface area contributed by atoms with Crippen molar-refractivity contribution in [3.8, 4) is 33.1 Å². The van der Waals surface area contributed by atoms with Gasteiger partial charge in [-0.05, 0) is 40.3 Å². The monoisotopic (exact) mass is 296 g/mol.